The van der Waals surface area contributed by atoms with Crippen LogP contribution in [0.15, 0.2) is 36.4 Å². The molecule has 21 heavy (non-hydrogen) atoms. The molecule has 3 aliphatic rings. The maximum Gasteiger partial charge on any atom is 0.241 e. The van der Waals surface area contributed by atoms with Crippen molar-refractivity contribution in [2.45, 2.75) is 18.6 Å². The minimum atomic E-state index is -1.03. The first-order valence-electron chi connectivity index (χ1n) is 7.00. The molecule has 2 fully saturated rings. The average Bonchev–Trinajstić information content (AvgIpc) is 3.12. The molecule has 4 rings (SSSR count). The number of aryl methyl sites for hydroxylation is 1. The van der Waals surface area contributed by atoms with Crippen LogP contribution in [-0.4, -0.2) is 35.2 Å². The number of carbonyl (C=O) groups is 2. The Kier molecular flexibility index (Phi) is 2.44. The first-order chi connectivity index (χ1) is 10.1. The highest BCUT2D eigenvalue weighted by atomic mass is 16.5. The Bertz CT molecular complexity index is 683. The highest BCUT2D eigenvalue weighted by Gasteiger charge is 2.67. The predicted molar refractivity (Wildman–Crippen MR) is 74.5 cm³/mol. The molecule has 5 heteroatoms. The van der Waals surface area contributed by atoms with Crippen LogP contribution < -0.4 is 4.90 Å². The number of benzene rings is 1. The zero-order valence-electron chi connectivity index (χ0n) is 11.5. The zero-order valence-corrected chi connectivity index (χ0v) is 11.5. The first kappa shape index (κ1) is 12.7. The average molecular weight is 285 g/mol. The van der Waals surface area contributed by atoms with E-state index in [2.05, 4.69) is 0 Å². The molecule has 4 atom stereocenters. The number of para-hydroxylation sites is 1. The van der Waals surface area contributed by atoms with Crippen LogP contribution >= 0.6 is 0 Å². The molecule has 0 saturated carbocycles. The molecular formula is C16H15NO4. The quantitative estimate of drug-likeness (QED) is 0.645. The van der Waals surface area contributed by atoms with E-state index < -0.39 is 23.5 Å². The van der Waals surface area contributed by atoms with E-state index in [-0.39, 0.29) is 18.4 Å². The molecule has 2 amide bonds. The fourth-order valence-electron chi connectivity index (χ4n) is 3.74. The highest BCUT2D eigenvalue weighted by Crippen LogP contribution is 2.52. The number of amides is 2. The Morgan fingerprint density at radius 3 is 2.76 bits per heavy atom. The lowest BCUT2D eigenvalue weighted by Crippen LogP contribution is -2.43. The summed E-state index contributed by atoms with van der Waals surface area (Å²) in [5.41, 5.74) is 0.465. The monoisotopic (exact) mass is 285 g/mol. The molecule has 0 aliphatic carbocycles. The summed E-state index contributed by atoms with van der Waals surface area (Å²) >= 11 is 0. The number of carbonyl (C=O) groups excluding carboxylic acids is 2. The minimum Gasteiger partial charge on any atom is -0.393 e. The lowest BCUT2D eigenvalue weighted by atomic mass is 9.77. The molecule has 2 saturated heterocycles. The summed E-state index contributed by atoms with van der Waals surface area (Å²) in [6.07, 6.45) is 3.10. The maximum absolute atomic E-state index is 12.8. The van der Waals surface area contributed by atoms with Gasteiger partial charge in [-0.1, -0.05) is 30.4 Å². The van der Waals surface area contributed by atoms with E-state index in [9.17, 15) is 14.7 Å². The Morgan fingerprint density at radius 2 is 2.05 bits per heavy atom. The van der Waals surface area contributed by atoms with Crippen LogP contribution in [0.25, 0.3) is 0 Å². The van der Waals surface area contributed by atoms with Crippen molar-refractivity contribution >= 4 is 17.5 Å². The van der Waals surface area contributed by atoms with Gasteiger partial charge in [0.2, 0.25) is 11.8 Å². The van der Waals surface area contributed by atoms with Gasteiger partial charge in [-0.3, -0.25) is 9.59 Å². The molecule has 4 unspecified atom stereocenters. The third-order valence-corrected chi connectivity index (χ3v) is 4.76. The molecule has 5 nitrogen and oxygen atoms in total. The van der Waals surface area contributed by atoms with Gasteiger partial charge in [-0.2, -0.15) is 0 Å². The lowest BCUT2D eigenvalue weighted by Gasteiger charge is -2.26. The van der Waals surface area contributed by atoms with Crippen molar-refractivity contribution in [2.24, 2.45) is 11.8 Å². The Labute approximate surface area is 121 Å². The fraction of sp³-hybridized carbons (Fsp3) is 0.375. The topological polar surface area (TPSA) is 66.8 Å². The maximum atomic E-state index is 12.8. The summed E-state index contributed by atoms with van der Waals surface area (Å²) in [4.78, 5) is 26.8. The van der Waals surface area contributed by atoms with Crippen LogP contribution in [0.1, 0.15) is 5.56 Å². The molecule has 1 aromatic rings. The SMILES string of the molecule is Cc1ccccc1N1C(=O)C2C3C=CC(CO)(O3)C2C1=O. The van der Waals surface area contributed by atoms with Crippen molar-refractivity contribution in [3.05, 3.63) is 42.0 Å². The number of rotatable bonds is 2. The predicted octanol–water partition coefficient (Wildman–Crippen LogP) is 0.800. The minimum absolute atomic E-state index is 0.232. The van der Waals surface area contributed by atoms with Gasteiger partial charge in [0.05, 0.1) is 30.2 Å². The van der Waals surface area contributed by atoms with Gasteiger partial charge in [-0.15, -0.1) is 0 Å². The number of ether oxygens (including phenoxy) is 1. The van der Waals surface area contributed by atoms with Gasteiger partial charge in [0, 0.05) is 0 Å². The van der Waals surface area contributed by atoms with Gasteiger partial charge in [0.15, 0.2) is 0 Å². The third kappa shape index (κ3) is 1.42. The number of hydrogen-bond acceptors (Lipinski definition) is 4. The number of nitrogens with zero attached hydrogens (tertiary/aromatic N) is 1. The first-order valence-corrected chi connectivity index (χ1v) is 7.00. The van der Waals surface area contributed by atoms with Crippen LogP contribution in [0.3, 0.4) is 0 Å². The van der Waals surface area contributed by atoms with Crippen LogP contribution in [-0.2, 0) is 14.3 Å². The normalized spacial score (nSPS) is 36.7. The van der Waals surface area contributed by atoms with Gasteiger partial charge in [0.25, 0.3) is 0 Å². The van der Waals surface area contributed by atoms with E-state index in [1.165, 1.54) is 4.90 Å². The summed E-state index contributed by atoms with van der Waals surface area (Å²) in [7, 11) is 0. The van der Waals surface area contributed by atoms with Gasteiger partial charge in [-0.05, 0) is 18.6 Å². The van der Waals surface area contributed by atoms with E-state index in [1.807, 2.05) is 25.1 Å². The fourth-order valence-corrected chi connectivity index (χ4v) is 3.74. The number of aliphatic hydroxyl groups excluding tert-OH is 1. The molecule has 1 aromatic carbocycles. The van der Waals surface area contributed by atoms with Gasteiger partial charge in [0.1, 0.15) is 5.60 Å². The molecule has 0 spiro atoms. The highest BCUT2D eigenvalue weighted by molar-refractivity contribution is 6.23. The summed E-state index contributed by atoms with van der Waals surface area (Å²) in [5, 5.41) is 9.65. The van der Waals surface area contributed by atoms with Gasteiger partial charge >= 0.3 is 0 Å². The van der Waals surface area contributed by atoms with Crippen LogP contribution in [0.2, 0.25) is 0 Å². The molecule has 0 aromatic heterocycles. The Hall–Kier alpha value is -1.98. The number of anilines is 1. The second-order valence-electron chi connectivity index (χ2n) is 5.86. The van der Waals surface area contributed by atoms with Crippen LogP contribution in [0.5, 0.6) is 0 Å². The number of fused-ring (bicyclic) bond motifs is 5. The van der Waals surface area contributed by atoms with Crippen molar-refractivity contribution < 1.29 is 19.4 Å². The second-order valence-corrected chi connectivity index (χ2v) is 5.86. The number of hydrogen-bond donors (Lipinski definition) is 1. The van der Waals surface area contributed by atoms with E-state index in [0.29, 0.717) is 5.69 Å². The van der Waals surface area contributed by atoms with E-state index in [1.54, 1.807) is 18.2 Å². The van der Waals surface area contributed by atoms with E-state index in [0.717, 1.165) is 5.56 Å². The molecule has 3 heterocycles. The summed E-state index contributed by atoms with van der Waals surface area (Å²) in [6.45, 7) is 1.58. The van der Waals surface area contributed by atoms with Crippen molar-refractivity contribution in [3.63, 3.8) is 0 Å². The van der Waals surface area contributed by atoms with Crippen LogP contribution in [0, 0.1) is 18.8 Å². The molecule has 108 valence electrons. The smallest absolute Gasteiger partial charge is 0.241 e. The summed E-state index contributed by atoms with van der Waals surface area (Å²) < 4.78 is 5.70. The third-order valence-electron chi connectivity index (χ3n) is 4.76. The molecular weight excluding hydrogens is 270 g/mol. The van der Waals surface area contributed by atoms with Crippen molar-refractivity contribution in [2.75, 3.05) is 11.5 Å². The van der Waals surface area contributed by atoms with Crippen LogP contribution in [0.4, 0.5) is 5.69 Å². The summed E-state index contributed by atoms with van der Waals surface area (Å²) in [6, 6.07) is 7.32. The Balaban J connectivity index is 1.81. The van der Waals surface area contributed by atoms with E-state index >= 15 is 0 Å². The van der Waals surface area contributed by atoms with Crippen molar-refractivity contribution in [1.29, 1.82) is 0 Å². The van der Waals surface area contributed by atoms with Gasteiger partial charge in [-0.25, -0.2) is 4.90 Å². The molecule has 3 aliphatic heterocycles. The standard InChI is InChI=1S/C16H15NO4/c1-9-4-2-3-5-10(9)17-14(19)12-11-6-7-16(8-18,21-11)13(12)15(17)20/h2-7,11-13,18H,8H2,1H3. The number of imide groups is 1. The molecule has 2 bridgehead atoms. The zero-order chi connectivity index (χ0) is 14.8. The lowest BCUT2D eigenvalue weighted by molar-refractivity contribution is -0.128. The molecule has 0 radical (unpaired) electrons. The largest absolute Gasteiger partial charge is 0.393 e. The van der Waals surface area contributed by atoms with E-state index in [4.69, 9.17) is 4.74 Å². The number of aliphatic hydroxyl groups is 1. The summed E-state index contributed by atoms with van der Waals surface area (Å²) in [5.74, 6) is -1.65. The van der Waals surface area contributed by atoms with Crippen molar-refractivity contribution in [3.8, 4) is 0 Å². The van der Waals surface area contributed by atoms with Gasteiger partial charge < -0.3 is 9.84 Å². The van der Waals surface area contributed by atoms with Crippen molar-refractivity contribution in [1.82, 2.24) is 0 Å². The Morgan fingerprint density at radius 1 is 1.29 bits per heavy atom. The molecule has 1 N–H and O–H groups in total. The second kappa shape index (κ2) is 4.02.